The van der Waals surface area contributed by atoms with Crippen LogP contribution in [0.15, 0.2) is 54.3 Å². The molecule has 0 unspecified atom stereocenters. The lowest BCUT2D eigenvalue weighted by molar-refractivity contribution is 0.474. The van der Waals surface area contributed by atoms with E-state index in [4.69, 9.17) is 0 Å². The summed E-state index contributed by atoms with van der Waals surface area (Å²) in [7, 11) is 0. The number of hydrogen-bond acceptors (Lipinski definition) is 6. The first kappa shape index (κ1) is 19.6. The molecular formula is C19H21F2N7. The standard InChI is InChI=1S/C19H21F2N7/c1-2-14(12-22-10-8-20)5-4-9-23-19-24-13-17-18(25-19)28(27-26-17)16-7-3-6-15(21)11-16/h2-7,11,13,22H,8-10,12H2,1H3,(H,23,24,25)/b5-4-,14-2+. The van der Waals surface area contributed by atoms with Crippen molar-refractivity contribution in [2.75, 3.05) is 31.6 Å². The van der Waals surface area contributed by atoms with E-state index in [0.717, 1.165) is 5.57 Å². The van der Waals surface area contributed by atoms with Gasteiger partial charge in [-0.3, -0.25) is 0 Å². The fourth-order valence-electron chi connectivity index (χ4n) is 2.51. The minimum atomic E-state index is -0.386. The van der Waals surface area contributed by atoms with Gasteiger partial charge < -0.3 is 10.6 Å². The van der Waals surface area contributed by atoms with E-state index >= 15 is 0 Å². The van der Waals surface area contributed by atoms with Crippen LogP contribution in [0.4, 0.5) is 14.7 Å². The Morgan fingerprint density at radius 1 is 1.32 bits per heavy atom. The van der Waals surface area contributed by atoms with Crippen molar-refractivity contribution in [2.24, 2.45) is 0 Å². The summed E-state index contributed by atoms with van der Waals surface area (Å²) in [5.74, 6) is 0.0502. The molecule has 2 heterocycles. The molecule has 0 amide bonds. The maximum Gasteiger partial charge on any atom is 0.225 e. The van der Waals surface area contributed by atoms with Crippen LogP contribution in [0.25, 0.3) is 16.9 Å². The molecule has 0 fully saturated rings. The lowest BCUT2D eigenvalue weighted by atomic mass is 10.2. The van der Waals surface area contributed by atoms with Crippen LogP contribution < -0.4 is 10.6 Å². The van der Waals surface area contributed by atoms with Crippen molar-refractivity contribution in [3.8, 4) is 5.69 Å². The van der Waals surface area contributed by atoms with Crippen molar-refractivity contribution in [2.45, 2.75) is 6.92 Å². The number of aromatic nitrogens is 5. The summed E-state index contributed by atoms with van der Waals surface area (Å²) in [5, 5.41) is 14.2. The molecule has 1 aromatic carbocycles. The number of fused-ring (bicyclic) bond motifs is 1. The van der Waals surface area contributed by atoms with Gasteiger partial charge in [-0.05, 0) is 30.7 Å². The van der Waals surface area contributed by atoms with Gasteiger partial charge in [-0.25, -0.2) is 13.8 Å². The molecule has 0 saturated heterocycles. The van der Waals surface area contributed by atoms with Gasteiger partial charge in [0.1, 0.15) is 12.5 Å². The summed E-state index contributed by atoms with van der Waals surface area (Å²) in [4.78, 5) is 8.64. The average molecular weight is 385 g/mol. The summed E-state index contributed by atoms with van der Waals surface area (Å²) < 4.78 is 27.1. The summed E-state index contributed by atoms with van der Waals surface area (Å²) in [6, 6.07) is 6.06. The quantitative estimate of drug-likeness (QED) is 0.436. The van der Waals surface area contributed by atoms with Crippen LogP contribution in [-0.2, 0) is 0 Å². The van der Waals surface area contributed by atoms with Crippen LogP contribution in [0.1, 0.15) is 6.92 Å². The number of halogens is 2. The molecule has 2 aromatic heterocycles. The first-order chi connectivity index (χ1) is 13.7. The van der Waals surface area contributed by atoms with Gasteiger partial charge in [0.05, 0.1) is 11.9 Å². The van der Waals surface area contributed by atoms with Crippen LogP contribution in [0.2, 0.25) is 0 Å². The molecule has 3 rings (SSSR count). The highest BCUT2D eigenvalue weighted by Gasteiger charge is 2.10. The monoisotopic (exact) mass is 385 g/mol. The maximum atomic E-state index is 13.5. The van der Waals surface area contributed by atoms with Gasteiger partial charge in [-0.1, -0.05) is 29.5 Å². The number of allylic oxidation sites excluding steroid dienone is 1. The van der Waals surface area contributed by atoms with Crippen molar-refractivity contribution in [1.82, 2.24) is 30.3 Å². The van der Waals surface area contributed by atoms with Crippen molar-refractivity contribution in [3.63, 3.8) is 0 Å². The van der Waals surface area contributed by atoms with E-state index in [1.807, 2.05) is 25.2 Å². The predicted octanol–water partition coefficient (Wildman–Crippen LogP) is 2.82. The van der Waals surface area contributed by atoms with Gasteiger partial charge in [0, 0.05) is 19.6 Å². The Bertz CT molecular complexity index is 981. The molecule has 7 nitrogen and oxygen atoms in total. The number of nitrogens with zero attached hydrogens (tertiary/aromatic N) is 5. The largest absolute Gasteiger partial charge is 0.351 e. The van der Waals surface area contributed by atoms with Crippen molar-refractivity contribution in [1.29, 1.82) is 0 Å². The van der Waals surface area contributed by atoms with Crippen molar-refractivity contribution in [3.05, 3.63) is 60.1 Å². The lowest BCUT2D eigenvalue weighted by Gasteiger charge is -2.05. The van der Waals surface area contributed by atoms with E-state index in [-0.39, 0.29) is 12.5 Å². The fraction of sp³-hybridized carbons (Fsp3) is 0.263. The maximum absolute atomic E-state index is 13.5. The third kappa shape index (κ3) is 4.95. The third-order valence-corrected chi connectivity index (χ3v) is 3.93. The minimum Gasteiger partial charge on any atom is -0.351 e. The van der Waals surface area contributed by atoms with Crippen molar-refractivity contribution >= 4 is 17.1 Å². The zero-order chi connectivity index (χ0) is 19.8. The molecule has 9 heteroatoms. The molecular weight excluding hydrogens is 364 g/mol. The zero-order valence-electron chi connectivity index (χ0n) is 15.4. The van der Waals surface area contributed by atoms with E-state index in [0.29, 0.717) is 42.4 Å². The topological polar surface area (TPSA) is 80.6 Å². The van der Waals surface area contributed by atoms with E-state index in [2.05, 4.69) is 30.9 Å². The number of hydrogen-bond donors (Lipinski definition) is 2. The molecule has 0 aliphatic carbocycles. The Labute approximate surface area is 161 Å². The second-order valence-electron chi connectivity index (χ2n) is 5.90. The average Bonchev–Trinajstić information content (AvgIpc) is 3.13. The molecule has 0 aliphatic rings. The third-order valence-electron chi connectivity index (χ3n) is 3.93. The molecule has 2 N–H and O–H groups in total. The SMILES string of the molecule is C/C=C(\C=C/CNc1ncc2nnn(-c3cccc(F)c3)c2n1)CNCCF. The normalized spacial score (nSPS) is 12.2. The molecule has 0 spiro atoms. The highest BCUT2D eigenvalue weighted by atomic mass is 19.1. The molecule has 0 aliphatic heterocycles. The number of anilines is 1. The Morgan fingerprint density at radius 2 is 2.21 bits per heavy atom. The van der Waals surface area contributed by atoms with E-state index in [1.165, 1.54) is 16.8 Å². The second kappa shape index (κ2) is 9.65. The van der Waals surface area contributed by atoms with Gasteiger partial charge in [-0.15, -0.1) is 5.10 Å². The van der Waals surface area contributed by atoms with Crippen molar-refractivity contribution < 1.29 is 8.78 Å². The highest BCUT2D eigenvalue weighted by molar-refractivity contribution is 5.71. The molecule has 146 valence electrons. The fourth-order valence-corrected chi connectivity index (χ4v) is 2.51. The summed E-state index contributed by atoms with van der Waals surface area (Å²) in [6.07, 6.45) is 7.42. The molecule has 0 radical (unpaired) electrons. The number of rotatable bonds is 9. The Morgan fingerprint density at radius 3 is 3.00 bits per heavy atom. The van der Waals surface area contributed by atoms with Gasteiger partial charge in [0.25, 0.3) is 0 Å². The minimum absolute atomic E-state index is 0.338. The second-order valence-corrected chi connectivity index (χ2v) is 5.90. The number of benzene rings is 1. The summed E-state index contributed by atoms with van der Waals surface area (Å²) >= 11 is 0. The molecule has 0 atom stereocenters. The van der Waals surface area contributed by atoms with E-state index in [9.17, 15) is 8.78 Å². The summed E-state index contributed by atoms with van der Waals surface area (Å²) in [5.41, 5.74) is 2.59. The molecule has 3 aromatic rings. The van der Waals surface area contributed by atoms with Gasteiger partial charge in [-0.2, -0.15) is 9.67 Å². The molecule has 28 heavy (non-hydrogen) atoms. The Balaban J connectivity index is 1.67. The van der Waals surface area contributed by atoms with Gasteiger partial charge >= 0.3 is 0 Å². The number of nitrogens with one attached hydrogen (secondary N) is 2. The van der Waals surface area contributed by atoms with Gasteiger partial charge in [0.15, 0.2) is 11.2 Å². The van der Waals surface area contributed by atoms with Crippen LogP contribution >= 0.6 is 0 Å². The van der Waals surface area contributed by atoms with Crippen LogP contribution in [0, 0.1) is 5.82 Å². The number of alkyl halides is 1. The highest BCUT2D eigenvalue weighted by Crippen LogP contribution is 2.15. The summed E-state index contributed by atoms with van der Waals surface area (Å²) in [6.45, 7) is 3.00. The Kier molecular flexibility index (Phi) is 6.74. The van der Waals surface area contributed by atoms with E-state index < -0.39 is 0 Å². The first-order valence-electron chi connectivity index (χ1n) is 8.88. The smallest absolute Gasteiger partial charge is 0.225 e. The first-order valence-corrected chi connectivity index (χ1v) is 8.88. The van der Waals surface area contributed by atoms with Crippen LogP contribution in [0.3, 0.4) is 0 Å². The molecule has 0 saturated carbocycles. The zero-order valence-corrected chi connectivity index (χ0v) is 15.4. The van der Waals surface area contributed by atoms with Gasteiger partial charge in [0.2, 0.25) is 5.95 Å². The van der Waals surface area contributed by atoms with E-state index in [1.54, 1.807) is 18.3 Å². The Hall–Kier alpha value is -3.20. The van der Waals surface area contributed by atoms with Crippen LogP contribution in [-0.4, -0.2) is 51.3 Å². The predicted molar refractivity (Wildman–Crippen MR) is 105 cm³/mol. The lowest BCUT2D eigenvalue weighted by Crippen LogP contribution is -2.19. The van der Waals surface area contributed by atoms with Crippen LogP contribution in [0.5, 0.6) is 0 Å². The molecule has 0 bridgehead atoms.